The second-order valence-electron chi connectivity index (χ2n) is 5.57. The molecule has 2 rings (SSSR count). The van der Waals surface area contributed by atoms with Crippen LogP contribution in [0.15, 0.2) is 0 Å². The third kappa shape index (κ3) is 2.71. The fourth-order valence-electron chi connectivity index (χ4n) is 2.75. The minimum atomic E-state index is 0.255. The van der Waals surface area contributed by atoms with Gasteiger partial charge in [-0.2, -0.15) is 0 Å². The topological polar surface area (TPSA) is 24.5 Å². The van der Waals surface area contributed by atoms with E-state index in [1.54, 1.807) is 0 Å². The van der Waals surface area contributed by atoms with Gasteiger partial charge in [0.05, 0.1) is 6.10 Å². The van der Waals surface area contributed by atoms with Gasteiger partial charge in [-0.05, 0) is 33.6 Å². The fourth-order valence-corrected chi connectivity index (χ4v) is 2.75. The molecule has 15 heavy (non-hydrogen) atoms. The Labute approximate surface area is 93.2 Å². The number of hydrogen-bond acceptors (Lipinski definition) is 3. The van der Waals surface area contributed by atoms with Crippen molar-refractivity contribution < 1.29 is 4.74 Å². The van der Waals surface area contributed by atoms with E-state index < -0.39 is 0 Å². The average molecular weight is 212 g/mol. The zero-order valence-electron chi connectivity index (χ0n) is 10.3. The molecule has 0 saturated carbocycles. The minimum Gasteiger partial charge on any atom is -0.377 e. The molecule has 3 heteroatoms. The average Bonchev–Trinajstić information content (AvgIpc) is 2.67. The summed E-state index contributed by atoms with van der Waals surface area (Å²) in [5.41, 5.74) is 0.255. The lowest BCUT2D eigenvalue weighted by atomic mass is 9.99. The smallest absolute Gasteiger partial charge is 0.0728 e. The Kier molecular flexibility index (Phi) is 3.33. The Morgan fingerprint density at radius 2 is 2.27 bits per heavy atom. The van der Waals surface area contributed by atoms with E-state index >= 15 is 0 Å². The van der Waals surface area contributed by atoms with Crippen LogP contribution < -0.4 is 5.32 Å². The van der Waals surface area contributed by atoms with E-state index in [2.05, 4.69) is 31.0 Å². The van der Waals surface area contributed by atoms with Gasteiger partial charge >= 0.3 is 0 Å². The van der Waals surface area contributed by atoms with Crippen LogP contribution in [-0.4, -0.2) is 48.8 Å². The van der Waals surface area contributed by atoms with Crippen molar-refractivity contribution in [2.75, 3.05) is 26.2 Å². The van der Waals surface area contributed by atoms with Crippen molar-refractivity contribution in [3.05, 3.63) is 0 Å². The highest BCUT2D eigenvalue weighted by atomic mass is 16.5. The first-order valence-corrected chi connectivity index (χ1v) is 6.19. The van der Waals surface area contributed by atoms with Crippen LogP contribution in [0.5, 0.6) is 0 Å². The zero-order valence-corrected chi connectivity index (χ0v) is 10.3. The molecule has 0 bridgehead atoms. The van der Waals surface area contributed by atoms with E-state index in [9.17, 15) is 0 Å². The number of rotatable bonds is 2. The van der Waals surface area contributed by atoms with E-state index in [0.717, 1.165) is 26.2 Å². The van der Waals surface area contributed by atoms with Gasteiger partial charge in [-0.15, -0.1) is 0 Å². The van der Waals surface area contributed by atoms with Crippen LogP contribution in [0.4, 0.5) is 0 Å². The highest BCUT2D eigenvalue weighted by Gasteiger charge is 2.33. The highest BCUT2D eigenvalue weighted by Crippen LogP contribution is 2.22. The summed E-state index contributed by atoms with van der Waals surface area (Å²) in [6.45, 7) is 11.2. The number of nitrogens with one attached hydrogen (secondary N) is 1. The zero-order chi connectivity index (χ0) is 10.9. The second kappa shape index (κ2) is 4.40. The van der Waals surface area contributed by atoms with Gasteiger partial charge in [-0.1, -0.05) is 0 Å². The quantitative estimate of drug-likeness (QED) is 0.745. The van der Waals surface area contributed by atoms with Gasteiger partial charge in [0.25, 0.3) is 0 Å². The summed E-state index contributed by atoms with van der Waals surface area (Å²) in [5.74, 6) is 0. The van der Waals surface area contributed by atoms with Crippen molar-refractivity contribution in [3.63, 3.8) is 0 Å². The first-order valence-electron chi connectivity index (χ1n) is 6.19. The third-order valence-electron chi connectivity index (χ3n) is 3.68. The van der Waals surface area contributed by atoms with Crippen LogP contribution in [0, 0.1) is 0 Å². The van der Waals surface area contributed by atoms with Crippen LogP contribution in [-0.2, 0) is 4.74 Å². The molecule has 0 aromatic rings. The van der Waals surface area contributed by atoms with Crippen molar-refractivity contribution >= 4 is 0 Å². The highest BCUT2D eigenvalue weighted by molar-refractivity contribution is 4.91. The molecule has 0 aliphatic carbocycles. The van der Waals surface area contributed by atoms with Gasteiger partial charge in [-0.25, -0.2) is 0 Å². The number of nitrogens with zero attached hydrogens (tertiary/aromatic N) is 1. The molecule has 2 saturated heterocycles. The molecule has 3 nitrogen and oxygen atoms in total. The van der Waals surface area contributed by atoms with Gasteiger partial charge in [0, 0.05) is 37.8 Å². The van der Waals surface area contributed by atoms with Crippen molar-refractivity contribution in [3.8, 4) is 0 Å². The van der Waals surface area contributed by atoms with Gasteiger partial charge in [-0.3, -0.25) is 4.90 Å². The van der Waals surface area contributed by atoms with Crippen LogP contribution >= 0.6 is 0 Å². The van der Waals surface area contributed by atoms with E-state index in [4.69, 9.17) is 4.74 Å². The standard InChI is InChI=1S/C12H24N2O/c1-10(11-5-4-8-15-11)14-7-6-13-12(2,3)9-14/h10-11,13H,4-9H2,1-3H3. The lowest BCUT2D eigenvalue weighted by Gasteiger charge is -2.43. The van der Waals surface area contributed by atoms with E-state index in [1.165, 1.54) is 12.8 Å². The first kappa shape index (κ1) is 11.4. The summed E-state index contributed by atoms with van der Waals surface area (Å²) in [4.78, 5) is 2.58. The summed E-state index contributed by atoms with van der Waals surface area (Å²) >= 11 is 0. The molecular formula is C12H24N2O. The number of piperazine rings is 1. The SMILES string of the molecule is CC(C1CCCO1)N1CCNC(C)(C)C1. The largest absolute Gasteiger partial charge is 0.377 e. The molecule has 2 unspecified atom stereocenters. The molecule has 0 radical (unpaired) electrons. The number of ether oxygens (including phenoxy) is 1. The summed E-state index contributed by atoms with van der Waals surface area (Å²) < 4.78 is 5.77. The maximum absolute atomic E-state index is 5.77. The van der Waals surface area contributed by atoms with Crippen LogP contribution in [0.1, 0.15) is 33.6 Å². The molecular weight excluding hydrogens is 188 g/mol. The Balaban J connectivity index is 1.91. The summed E-state index contributed by atoms with van der Waals surface area (Å²) in [7, 11) is 0. The molecule has 2 atom stereocenters. The maximum Gasteiger partial charge on any atom is 0.0728 e. The van der Waals surface area contributed by atoms with Crippen molar-refractivity contribution in [1.29, 1.82) is 0 Å². The van der Waals surface area contributed by atoms with E-state index in [-0.39, 0.29) is 5.54 Å². The van der Waals surface area contributed by atoms with E-state index in [0.29, 0.717) is 12.1 Å². The Bertz CT molecular complexity index is 212. The summed E-state index contributed by atoms with van der Waals surface area (Å²) in [5, 5.41) is 3.55. The maximum atomic E-state index is 5.77. The van der Waals surface area contributed by atoms with Crippen LogP contribution in [0.2, 0.25) is 0 Å². The molecule has 0 spiro atoms. The molecule has 2 heterocycles. The van der Waals surface area contributed by atoms with Crippen LogP contribution in [0.3, 0.4) is 0 Å². The lowest BCUT2D eigenvalue weighted by Crippen LogP contribution is -2.60. The molecule has 1 N–H and O–H groups in total. The Morgan fingerprint density at radius 1 is 1.47 bits per heavy atom. The van der Waals surface area contributed by atoms with E-state index in [1.807, 2.05) is 0 Å². The normalized spacial score (nSPS) is 34.2. The molecule has 0 aromatic heterocycles. The van der Waals surface area contributed by atoms with Crippen LogP contribution in [0.25, 0.3) is 0 Å². The van der Waals surface area contributed by atoms with Gasteiger partial charge in [0.15, 0.2) is 0 Å². The summed E-state index contributed by atoms with van der Waals surface area (Å²) in [6.07, 6.45) is 2.95. The molecule has 2 fully saturated rings. The van der Waals surface area contributed by atoms with Gasteiger partial charge < -0.3 is 10.1 Å². The first-order chi connectivity index (χ1) is 7.08. The molecule has 2 aliphatic rings. The van der Waals surface area contributed by atoms with Gasteiger partial charge in [0.1, 0.15) is 0 Å². The van der Waals surface area contributed by atoms with Crippen molar-refractivity contribution in [1.82, 2.24) is 10.2 Å². The molecule has 88 valence electrons. The Morgan fingerprint density at radius 3 is 2.87 bits per heavy atom. The monoisotopic (exact) mass is 212 g/mol. The van der Waals surface area contributed by atoms with Gasteiger partial charge in [0.2, 0.25) is 0 Å². The van der Waals surface area contributed by atoms with Crippen molar-refractivity contribution in [2.24, 2.45) is 0 Å². The Hall–Kier alpha value is -0.120. The molecule has 0 amide bonds. The molecule has 2 aliphatic heterocycles. The fraction of sp³-hybridized carbons (Fsp3) is 1.00. The predicted octanol–water partition coefficient (Wildman–Crippen LogP) is 1.24. The molecule has 0 aromatic carbocycles. The minimum absolute atomic E-state index is 0.255. The predicted molar refractivity (Wildman–Crippen MR) is 62.1 cm³/mol. The summed E-state index contributed by atoms with van der Waals surface area (Å²) in [6, 6.07) is 0.578. The lowest BCUT2D eigenvalue weighted by molar-refractivity contribution is 0.0108. The third-order valence-corrected chi connectivity index (χ3v) is 3.68. The number of hydrogen-bond donors (Lipinski definition) is 1. The second-order valence-corrected chi connectivity index (χ2v) is 5.57. The van der Waals surface area contributed by atoms with Crippen molar-refractivity contribution in [2.45, 2.75) is 51.3 Å².